The average molecular weight is 172 g/mol. The lowest BCUT2D eigenvalue weighted by Crippen LogP contribution is -2.20. The first-order valence-electron chi connectivity index (χ1n) is 3.10. The van der Waals surface area contributed by atoms with E-state index >= 15 is 0 Å². The lowest BCUT2D eigenvalue weighted by Gasteiger charge is -2.04. The number of ether oxygens (including phenoxy) is 2. The highest BCUT2D eigenvalue weighted by atomic mass is 16.5. The largest absolute Gasteiger partial charge is 0.491 e. The van der Waals surface area contributed by atoms with Gasteiger partial charge >= 0.3 is 5.56 Å². The summed E-state index contributed by atoms with van der Waals surface area (Å²) >= 11 is 0. The zero-order valence-electron chi connectivity index (χ0n) is 6.64. The fourth-order valence-corrected chi connectivity index (χ4v) is 0.704. The van der Waals surface area contributed by atoms with Crippen molar-refractivity contribution in [2.45, 2.75) is 0 Å². The molecule has 1 heterocycles. The van der Waals surface area contributed by atoms with Crippen molar-refractivity contribution < 1.29 is 14.7 Å². The van der Waals surface area contributed by atoms with Crippen molar-refractivity contribution in [3.63, 3.8) is 0 Å². The van der Waals surface area contributed by atoms with Crippen LogP contribution in [0.15, 0.2) is 10.9 Å². The molecule has 0 aliphatic rings. The van der Waals surface area contributed by atoms with Gasteiger partial charge in [-0.3, -0.25) is 4.79 Å². The van der Waals surface area contributed by atoms with Crippen LogP contribution < -0.4 is 15.0 Å². The van der Waals surface area contributed by atoms with Gasteiger partial charge in [-0.2, -0.15) is 0 Å². The van der Waals surface area contributed by atoms with Gasteiger partial charge in [-0.1, -0.05) is 9.94 Å². The normalized spacial score (nSPS) is 9.50. The molecule has 0 saturated carbocycles. The Morgan fingerprint density at radius 3 is 2.67 bits per heavy atom. The lowest BCUT2D eigenvalue weighted by atomic mass is 10.5. The minimum Gasteiger partial charge on any atom is -0.491 e. The Balaban J connectivity index is 3.29. The van der Waals surface area contributed by atoms with Gasteiger partial charge in [0.1, 0.15) is 0 Å². The van der Waals surface area contributed by atoms with Gasteiger partial charge in [0.15, 0.2) is 5.75 Å². The molecule has 0 amide bonds. The van der Waals surface area contributed by atoms with Crippen molar-refractivity contribution in [2.75, 3.05) is 14.2 Å². The Morgan fingerprint density at radius 1 is 1.50 bits per heavy atom. The molecular weight excluding hydrogens is 164 g/mol. The number of hydrogen-bond acceptors (Lipinski definition) is 5. The fourth-order valence-electron chi connectivity index (χ4n) is 0.704. The maximum Gasteiger partial charge on any atom is 0.306 e. The maximum absolute atomic E-state index is 10.8. The molecule has 0 fully saturated rings. The Morgan fingerprint density at radius 2 is 2.17 bits per heavy atom. The third-order valence-electron chi connectivity index (χ3n) is 1.26. The standard InChI is InChI=1S/C6H8N2O4/c1-11-4-3-5(9)8(10)7-6(4)12-2/h3,10H,1-2H3. The Hall–Kier alpha value is -1.72. The summed E-state index contributed by atoms with van der Waals surface area (Å²) in [5.41, 5.74) is -0.673. The third-order valence-corrected chi connectivity index (χ3v) is 1.26. The molecular formula is C6H8N2O4. The average Bonchev–Trinajstić information content (AvgIpc) is 2.09. The molecule has 1 N–H and O–H groups in total. The molecule has 0 atom stereocenters. The topological polar surface area (TPSA) is 73.6 Å². The monoisotopic (exact) mass is 172 g/mol. The highest BCUT2D eigenvalue weighted by Gasteiger charge is 2.07. The number of methoxy groups -OCH3 is 2. The summed E-state index contributed by atoms with van der Waals surface area (Å²) in [5, 5.41) is 12.2. The molecule has 1 aromatic heterocycles. The summed E-state index contributed by atoms with van der Waals surface area (Å²) < 4.78 is 9.48. The van der Waals surface area contributed by atoms with Crippen molar-refractivity contribution >= 4 is 0 Å². The molecule has 0 aliphatic heterocycles. The molecule has 0 saturated heterocycles. The predicted molar refractivity (Wildman–Crippen MR) is 38.8 cm³/mol. The number of rotatable bonds is 2. The zero-order chi connectivity index (χ0) is 9.14. The van der Waals surface area contributed by atoms with Crippen molar-refractivity contribution in [3.8, 4) is 11.6 Å². The van der Waals surface area contributed by atoms with E-state index in [9.17, 15) is 4.79 Å². The molecule has 0 spiro atoms. The van der Waals surface area contributed by atoms with Crippen LogP contribution in [0.1, 0.15) is 0 Å². The van der Waals surface area contributed by atoms with Crippen LogP contribution in [0.3, 0.4) is 0 Å². The molecule has 0 aromatic carbocycles. The van der Waals surface area contributed by atoms with Crippen molar-refractivity contribution in [1.82, 2.24) is 9.94 Å². The van der Waals surface area contributed by atoms with Gasteiger partial charge in [0.25, 0.3) is 5.88 Å². The highest BCUT2D eigenvalue weighted by Crippen LogP contribution is 2.19. The molecule has 12 heavy (non-hydrogen) atoms. The smallest absolute Gasteiger partial charge is 0.306 e. The van der Waals surface area contributed by atoms with E-state index in [0.29, 0.717) is 0 Å². The minimum absolute atomic E-state index is 0.0552. The first-order valence-corrected chi connectivity index (χ1v) is 3.10. The van der Waals surface area contributed by atoms with Crippen LogP contribution in [0, 0.1) is 0 Å². The summed E-state index contributed by atoms with van der Waals surface area (Å²) in [4.78, 5) is 11.0. The highest BCUT2D eigenvalue weighted by molar-refractivity contribution is 5.30. The Bertz CT molecular complexity index is 333. The van der Waals surface area contributed by atoms with Crippen molar-refractivity contribution in [1.29, 1.82) is 0 Å². The fraction of sp³-hybridized carbons (Fsp3) is 0.333. The van der Waals surface area contributed by atoms with Crippen LogP contribution in [0.5, 0.6) is 11.6 Å². The summed E-state index contributed by atoms with van der Waals surface area (Å²) in [6.07, 6.45) is 0. The molecule has 1 rings (SSSR count). The molecule has 1 aromatic rings. The first-order chi connectivity index (χ1) is 5.69. The van der Waals surface area contributed by atoms with Gasteiger partial charge < -0.3 is 14.7 Å². The van der Waals surface area contributed by atoms with Crippen molar-refractivity contribution in [3.05, 3.63) is 16.4 Å². The minimum atomic E-state index is -0.673. The SMILES string of the molecule is COc1cc(=O)n(O)nc1OC. The van der Waals surface area contributed by atoms with E-state index in [1.165, 1.54) is 14.2 Å². The molecule has 0 aliphatic carbocycles. The van der Waals surface area contributed by atoms with E-state index in [0.717, 1.165) is 6.07 Å². The second-order valence-electron chi connectivity index (χ2n) is 1.95. The van der Waals surface area contributed by atoms with Crippen LogP contribution >= 0.6 is 0 Å². The van der Waals surface area contributed by atoms with Crippen LogP contribution in [-0.4, -0.2) is 29.4 Å². The van der Waals surface area contributed by atoms with E-state index in [-0.39, 0.29) is 16.5 Å². The molecule has 0 radical (unpaired) electrons. The second kappa shape index (κ2) is 3.12. The van der Waals surface area contributed by atoms with Crippen LogP contribution in [-0.2, 0) is 0 Å². The number of nitrogens with zero attached hydrogens (tertiary/aromatic N) is 2. The van der Waals surface area contributed by atoms with Gasteiger partial charge in [-0.15, -0.1) is 0 Å². The lowest BCUT2D eigenvalue weighted by molar-refractivity contribution is 0.124. The number of hydrogen-bond donors (Lipinski definition) is 1. The van der Waals surface area contributed by atoms with E-state index < -0.39 is 5.56 Å². The van der Waals surface area contributed by atoms with Gasteiger partial charge in [-0.25, -0.2) is 0 Å². The van der Waals surface area contributed by atoms with Crippen LogP contribution in [0.2, 0.25) is 0 Å². The molecule has 0 unspecified atom stereocenters. The van der Waals surface area contributed by atoms with E-state index in [1.807, 2.05) is 0 Å². The van der Waals surface area contributed by atoms with Gasteiger partial charge in [0, 0.05) is 0 Å². The Kier molecular flexibility index (Phi) is 2.18. The summed E-state index contributed by atoms with van der Waals surface area (Å²) in [6, 6.07) is 1.08. The van der Waals surface area contributed by atoms with Gasteiger partial charge in [-0.05, 0) is 0 Å². The Labute approximate surface area is 67.9 Å². The molecule has 0 bridgehead atoms. The molecule has 6 heteroatoms. The van der Waals surface area contributed by atoms with E-state index in [1.54, 1.807) is 0 Å². The van der Waals surface area contributed by atoms with Crippen molar-refractivity contribution in [2.24, 2.45) is 0 Å². The number of aromatic nitrogens is 2. The van der Waals surface area contributed by atoms with E-state index in [4.69, 9.17) is 14.7 Å². The summed E-state index contributed by atoms with van der Waals surface area (Å²) in [6.45, 7) is 0. The van der Waals surface area contributed by atoms with E-state index in [2.05, 4.69) is 5.10 Å². The quantitative estimate of drug-likeness (QED) is 0.608. The maximum atomic E-state index is 10.8. The third kappa shape index (κ3) is 1.31. The first kappa shape index (κ1) is 8.38. The zero-order valence-corrected chi connectivity index (χ0v) is 6.64. The van der Waals surface area contributed by atoms with Crippen LogP contribution in [0.4, 0.5) is 0 Å². The predicted octanol–water partition coefficient (Wildman–Crippen LogP) is -0.502. The second-order valence-corrected chi connectivity index (χ2v) is 1.95. The van der Waals surface area contributed by atoms with Gasteiger partial charge in [0.2, 0.25) is 0 Å². The summed E-state index contributed by atoms with van der Waals surface area (Å²) in [7, 11) is 2.73. The van der Waals surface area contributed by atoms with Crippen LogP contribution in [0.25, 0.3) is 0 Å². The van der Waals surface area contributed by atoms with Gasteiger partial charge in [0.05, 0.1) is 20.3 Å². The summed E-state index contributed by atoms with van der Waals surface area (Å²) in [5.74, 6) is 0.243. The molecule has 6 nitrogen and oxygen atoms in total. The molecule has 66 valence electrons.